The Morgan fingerprint density at radius 1 is 0.895 bits per heavy atom. The molecule has 3 N–H and O–H groups in total. The van der Waals surface area contributed by atoms with E-state index in [1.807, 2.05) is 0 Å². The minimum absolute atomic E-state index is 0.0537. The van der Waals surface area contributed by atoms with E-state index in [4.69, 9.17) is 11.6 Å². The zero-order valence-electron chi connectivity index (χ0n) is 19.3. The molecule has 0 radical (unpaired) electrons. The highest BCUT2D eigenvalue weighted by molar-refractivity contribution is 6.31. The summed E-state index contributed by atoms with van der Waals surface area (Å²) in [6.07, 6.45) is -6.68. The lowest BCUT2D eigenvalue weighted by Crippen LogP contribution is -2.18. The SMILES string of the molecule is O=C(O)c1ccc(-c2nn(C(O)c3c(Cl)cccc3C(F)(F)F)c3cc(-c4ccc(O)cc4)ccc23)cc1. The summed E-state index contributed by atoms with van der Waals surface area (Å²) < 4.78 is 42.6. The van der Waals surface area contributed by atoms with Crippen LogP contribution in [0.15, 0.2) is 84.9 Å². The lowest BCUT2D eigenvalue weighted by molar-refractivity contribution is -0.139. The molecule has 0 aliphatic heterocycles. The molecule has 6 nitrogen and oxygen atoms in total. The summed E-state index contributed by atoms with van der Waals surface area (Å²) in [5, 5.41) is 34.9. The Balaban J connectivity index is 1.74. The topological polar surface area (TPSA) is 95.6 Å². The van der Waals surface area contributed by atoms with Crippen LogP contribution in [0.3, 0.4) is 0 Å². The van der Waals surface area contributed by atoms with Crippen molar-refractivity contribution < 1.29 is 33.3 Å². The van der Waals surface area contributed by atoms with Crippen LogP contribution in [0, 0.1) is 0 Å². The number of alkyl halides is 3. The molecule has 0 spiro atoms. The first kappa shape index (κ1) is 25.3. The van der Waals surface area contributed by atoms with E-state index in [1.165, 1.54) is 42.5 Å². The van der Waals surface area contributed by atoms with Crippen LogP contribution in [0.25, 0.3) is 33.3 Å². The number of nitrogens with zero attached hydrogens (tertiary/aromatic N) is 2. The van der Waals surface area contributed by atoms with Crippen molar-refractivity contribution in [2.75, 3.05) is 0 Å². The lowest BCUT2D eigenvalue weighted by atomic mass is 10.0. The summed E-state index contributed by atoms with van der Waals surface area (Å²) in [6, 6.07) is 20.6. The summed E-state index contributed by atoms with van der Waals surface area (Å²) >= 11 is 6.16. The number of aliphatic hydroxyl groups is 1. The predicted molar refractivity (Wildman–Crippen MR) is 136 cm³/mol. The van der Waals surface area contributed by atoms with E-state index in [-0.39, 0.29) is 16.3 Å². The van der Waals surface area contributed by atoms with Gasteiger partial charge in [0.05, 0.1) is 16.6 Å². The molecule has 1 heterocycles. The Kier molecular flexibility index (Phi) is 6.34. The first-order chi connectivity index (χ1) is 18.0. The smallest absolute Gasteiger partial charge is 0.416 e. The van der Waals surface area contributed by atoms with Gasteiger partial charge in [0.2, 0.25) is 0 Å². The lowest BCUT2D eigenvalue weighted by Gasteiger charge is -2.20. The quantitative estimate of drug-likeness (QED) is 0.224. The average Bonchev–Trinajstić information content (AvgIpc) is 3.27. The second-order valence-electron chi connectivity index (χ2n) is 8.53. The maximum absolute atomic E-state index is 13.8. The van der Waals surface area contributed by atoms with E-state index in [0.29, 0.717) is 33.3 Å². The zero-order chi connectivity index (χ0) is 27.2. The number of aliphatic hydroxyl groups excluding tert-OH is 1. The van der Waals surface area contributed by atoms with E-state index < -0.39 is 29.5 Å². The van der Waals surface area contributed by atoms with Crippen molar-refractivity contribution in [2.45, 2.75) is 12.4 Å². The van der Waals surface area contributed by atoms with Crippen LogP contribution in [0.2, 0.25) is 5.02 Å². The van der Waals surface area contributed by atoms with Crippen LogP contribution in [0.4, 0.5) is 13.2 Å². The Hall–Kier alpha value is -4.34. The standard InChI is InChI=1S/C28H18ClF3N2O4/c29-22-3-1-2-21(28(30,31)32)24(22)26(36)34-23-14-18(15-8-11-19(35)12-9-15)10-13-20(23)25(33-34)16-4-6-17(7-5-16)27(37)38/h1-14,26,35-36H,(H,37,38). The van der Waals surface area contributed by atoms with Gasteiger partial charge in [0.25, 0.3) is 0 Å². The predicted octanol–water partition coefficient (Wildman–Crippen LogP) is 6.99. The maximum atomic E-state index is 13.8. The molecule has 0 aliphatic carbocycles. The Morgan fingerprint density at radius 3 is 2.16 bits per heavy atom. The van der Waals surface area contributed by atoms with Crippen molar-refractivity contribution in [1.29, 1.82) is 0 Å². The second-order valence-corrected chi connectivity index (χ2v) is 8.93. The number of carbonyl (C=O) groups is 1. The molecule has 192 valence electrons. The minimum atomic E-state index is -4.78. The van der Waals surface area contributed by atoms with Crippen molar-refractivity contribution in [3.63, 3.8) is 0 Å². The number of carboxylic acid groups (broad SMARTS) is 1. The van der Waals surface area contributed by atoms with Gasteiger partial charge in [-0.2, -0.15) is 18.3 Å². The van der Waals surface area contributed by atoms with Gasteiger partial charge in [-0.1, -0.05) is 48.0 Å². The summed E-state index contributed by atoms with van der Waals surface area (Å²) in [5.41, 5.74) is 0.929. The Labute approximate surface area is 218 Å². The van der Waals surface area contributed by atoms with Gasteiger partial charge in [-0.05, 0) is 59.7 Å². The summed E-state index contributed by atoms with van der Waals surface area (Å²) in [7, 11) is 0. The first-order valence-electron chi connectivity index (χ1n) is 11.2. The Bertz CT molecular complexity index is 1660. The van der Waals surface area contributed by atoms with Crippen LogP contribution in [0.5, 0.6) is 5.75 Å². The number of fused-ring (bicyclic) bond motifs is 1. The third kappa shape index (κ3) is 4.57. The first-order valence-corrected chi connectivity index (χ1v) is 11.6. The van der Waals surface area contributed by atoms with E-state index >= 15 is 0 Å². The van der Waals surface area contributed by atoms with Crippen molar-refractivity contribution in [3.05, 3.63) is 107 Å². The number of aromatic carboxylic acids is 1. The molecular weight excluding hydrogens is 521 g/mol. The molecule has 0 aliphatic rings. The molecule has 1 aromatic heterocycles. The molecule has 0 bridgehead atoms. The largest absolute Gasteiger partial charge is 0.508 e. The molecule has 1 atom stereocenters. The fourth-order valence-corrected chi connectivity index (χ4v) is 4.58. The van der Waals surface area contributed by atoms with E-state index in [0.717, 1.165) is 16.8 Å². The molecule has 0 amide bonds. The van der Waals surface area contributed by atoms with Gasteiger partial charge in [0, 0.05) is 21.5 Å². The molecule has 0 fully saturated rings. The maximum Gasteiger partial charge on any atom is 0.416 e. The van der Waals surface area contributed by atoms with E-state index in [9.17, 15) is 33.3 Å². The number of benzene rings is 4. The highest BCUT2D eigenvalue weighted by Crippen LogP contribution is 2.41. The molecular formula is C28H18ClF3N2O4. The third-order valence-corrected chi connectivity index (χ3v) is 6.49. The monoisotopic (exact) mass is 538 g/mol. The number of halogens is 4. The van der Waals surface area contributed by atoms with Gasteiger partial charge in [-0.3, -0.25) is 0 Å². The fraction of sp³-hybridized carbons (Fsp3) is 0.0714. The van der Waals surface area contributed by atoms with Crippen molar-refractivity contribution in [3.8, 4) is 28.1 Å². The molecule has 5 rings (SSSR count). The van der Waals surface area contributed by atoms with Crippen molar-refractivity contribution in [1.82, 2.24) is 9.78 Å². The van der Waals surface area contributed by atoms with Crippen LogP contribution >= 0.6 is 11.6 Å². The van der Waals surface area contributed by atoms with E-state index in [2.05, 4.69) is 5.10 Å². The number of aromatic hydroxyl groups is 1. The van der Waals surface area contributed by atoms with Crippen molar-refractivity contribution >= 4 is 28.5 Å². The van der Waals surface area contributed by atoms with Gasteiger partial charge in [-0.15, -0.1) is 0 Å². The summed E-state index contributed by atoms with van der Waals surface area (Å²) in [4.78, 5) is 11.3. The highest BCUT2D eigenvalue weighted by atomic mass is 35.5. The molecule has 1 unspecified atom stereocenters. The molecule has 10 heteroatoms. The van der Waals surface area contributed by atoms with Crippen LogP contribution < -0.4 is 0 Å². The highest BCUT2D eigenvalue weighted by Gasteiger charge is 2.37. The summed E-state index contributed by atoms with van der Waals surface area (Å²) in [5.74, 6) is -1.04. The fourth-order valence-electron chi connectivity index (χ4n) is 4.31. The van der Waals surface area contributed by atoms with Gasteiger partial charge < -0.3 is 15.3 Å². The zero-order valence-corrected chi connectivity index (χ0v) is 20.1. The number of rotatable bonds is 5. The molecule has 4 aromatic carbocycles. The van der Waals surface area contributed by atoms with Gasteiger partial charge in [-0.25, -0.2) is 9.48 Å². The van der Waals surface area contributed by atoms with Gasteiger partial charge >= 0.3 is 12.1 Å². The minimum Gasteiger partial charge on any atom is -0.508 e. The number of hydrogen-bond acceptors (Lipinski definition) is 4. The normalized spacial score (nSPS) is 12.6. The van der Waals surface area contributed by atoms with Crippen LogP contribution in [-0.2, 0) is 6.18 Å². The van der Waals surface area contributed by atoms with E-state index in [1.54, 1.807) is 30.3 Å². The molecule has 0 saturated heterocycles. The molecule has 38 heavy (non-hydrogen) atoms. The van der Waals surface area contributed by atoms with Gasteiger partial charge in [0.15, 0.2) is 6.23 Å². The van der Waals surface area contributed by atoms with Crippen LogP contribution in [0.1, 0.15) is 27.7 Å². The third-order valence-electron chi connectivity index (χ3n) is 6.16. The number of hydrogen-bond donors (Lipinski definition) is 3. The number of phenols is 1. The van der Waals surface area contributed by atoms with Crippen molar-refractivity contribution in [2.24, 2.45) is 0 Å². The van der Waals surface area contributed by atoms with Crippen LogP contribution in [-0.4, -0.2) is 31.1 Å². The summed E-state index contributed by atoms with van der Waals surface area (Å²) in [6.45, 7) is 0. The average molecular weight is 539 g/mol. The number of phenolic OH excluding ortho intramolecular Hbond substituents is 1. The van der Waals surface area contributed by atoms with Gasteiger partial charge in [0.1, 0.15) is 11.4 Å². The number of aromatic nitrogens is 2. The molecule has 0 saturated carbocycles. The second kappa shape index (κ2) is 9.51. The Morgan fingerprint density at radius 2 is 1.53 bits per heavy atom. The number of carboxylic acids is 1. The molecule has 5 aromatic rings.